The number of carbonyl (C=O) groups excluding carboxylic acids is 1. The van der Waals surface area contributed by atoms with Crippen molar-refractivity contribution in [3.63, 3.8) is 0 Å². The number of hydrazone groups is 1. The van der Waals surface area contributed by atoms with Gasteiger partial charge in [-0.25, -0.2) is 5.01 Å². The minimum atomic E-state index is -0.133. The monoisotopic (exact) mass is 190 g/mol. The van der Waals surface area contributed by atoms with E-state index in [0.29, 0.717) is 5.56 Å². The molecule has 0 aliphatic carbocycles. The van der Waals surface area contributed by atoms with Crippen molar-refractivity contribution in [1.82, 2.24) is 5.01 Å². The highest BCUT2D eigenvalue weighted by Crippen LogP contribution is 2.10. The number of nitrogens with zero attached hydrogens (tertiary/aromatic N) is 2. The molecule has 0 saturated heterocycles. The van der Waals surface area contributed by atoms with Gasteiger partial charge in [0, 0.05) is 19.3 Å². The third-order valence-electron chi connectivity index (χ3n) is 1.97. The summed E-state index contributed by atoms with van der Waals surface area (Å²) in [4.78, 5) is 11.7. The molecule has 0 radical (unpaired) electrons. The van der Waals surface area contributed by atoms with Crippen LogP contribution in [0.2, 0.25) is 0 Å². The largest absolute Gasteiger partial charge is 0.273 e. The van der Waals surface area contributed by atoms with Crippen LogP contribution in [0.1, 0.15) is 21.5 Å². The number of hydrogen-bond acceptors (Lipinski definition) is 2. The van der Waals surface area contributed by atoms with Crippen LogP contribution >= 0.6 is 0 Å². The summed E-state index contributed by atoms with van der Waals surface area (Å²) in [6.07, 6.45) is 0. The maximum atomic E-state index is 11.7. The first-order valence-corrected chi connectivity index (χ1v) is 4.37. The Morgan fingerprint density at radius 2 is 1.79 bits per heavy atom. The Kier molecular flexibility index (Phi) is 3.02. The molecule has 3 nitrogen and oxygen atoms in total. The molecule has 1 amide bonds. The van der Waals surface area contributed by atoms with E-state index in [1.807, 2.05) is 32.0 Å². The molecular formula is C11H14N2O. The topological polar surface area (TPSA) is 32.7 Å². The van der Waals surface area contributed by atoms with E-state index in [2.05, 4.69) is 11.8 Å². The molecule has 0 aromatic heterocycles. The maximum absolute atomic E-state index is 11.7. The van der Waals surface area contributed by atoms with Crippen LogP contribution in [-0.2, 0) is 0 Å². The Morgan fingerprint density at radius 1 is 1.29 bits per heavy atom. The average molecular weight is 190 g/mol. The standard InChI is InChI=1S/C11H14N2O/c1-8-5-9(2)7-10(6-8)11(14)13(4)12-3/h5-7H,3H2,1-2,4H3. The highest BCUT2D eigenvalue weighted by molar-refractivity contribution is 5.94. The van der Waals surface area contributed by atoms with Crippen LogP contribution in [-0.4, -0.2) is 24.7 Å². The zero-order valence-electron chi connectivity index (χ0n) is 8.74. The number of rotatable bonds is 2. The van der Waals surface area contributed by atoms with Crippen molar-refractivity contribution in [1.29, 1.82) is 0 Å². The Hall–Kier alpha value is -1.64. The molecule has 14 heavy (non-hydrogen) atoms. The minimum absolute atomic E-state index is 0.133. The van der Waals surface area contributed by atoms with Gasteiger partial charge in [0.05, 0.1) is 0 Å². The normalized spacial score (nSPS) is 9.64. The van der Waals surface area contributed by atoms with Crippen LogP contribution in [0.5, 0.6) is 0 Å². The smallest absolute Gasteiger partial charge is 0.267 e. The fourth-order valence-corrected chi connectivity index (χ4v) is 1.35. The highest BCUT2D eigenvalue weighted by atomic mass is 16.2. The first-order chi connectivity index (χ1) is 6.54. The van der Waals surface area contributed by atoms with Gasteiger partial charge in [-0.05, 0) is 26.0 Å². The third kappa shape index (κ3) is 2.19. The predicted octanol–water partition coefficient (Wildman–Crippen LogP) is 1.99. The van der Waals surface area contributed by atoms with E-state index in [1.54, 1.807) is 7.05 Å². The molecule has 0 bridgehead atoms. The third-order valence-corrected chi connectivity index (χ3v) is 1.97. The summed E-state index contributed by atoms with van der Waals surface area (Å²) in [6.45, 7) is 7.23. The Labute approximate surface area is 84.0 Å². The van der Waals surface area contributed by atoms with Gasteiger partial charge < -0.3 is 0 Å². The zero-order valence-corrected chi connectivity index (χ0v) is 8.74. The lowest BCUT2D eigenvalue weighted by atomic mass is 10.1. The summed E-state index contributed by atoms with van der Waals surface area (Å²) >= 11 is 0. The second-order valence-electron chi connectivity index (χ2n) is 3.35. The van der Waals surface area contributed by atoms with Crippen molar-refractivity contribution < 1.29 is 4.79 Å². The van der Waals surface area contributed by atoms with Gasteiger partial charge in [0.2, 0.25) is 0 Å². The molecule has 0 aliphatic rings. The first-order valence-electron chi connectivity index (χ1n) is 4.37. The van der Waals surface area contributed by atoms with Gasteiger partial charge in [0.15, 0.2) is 0 Å². The molecule has 0 heterocycles. The van der Waals surface area contributed by atoms with Gasteiger partial charge in [-0.2, -0.15) is 5.10 Å². The average Bonchev–Trinajstić information content (AvgIpc) is 2.14. The van der Waals surface area contributed by atoms with Crippen molar-refractivity contribution in [2.45, 2.75) is 13.8 Å². The van der Waals surface area contributed by atoms with Crippen molar-refractivity contribution in [2.75, 3.05) is 7.05 Å². The van der Waals surface area contributed by atoms with Gasteiger partial charge in [0.25, 0.3) is 5.91 Å². The van der Waals surface area contributed by atoms with Gasteiger partial charge in [0.1, 0.15) is 0 Å². The second kappa shape index (κ2) is 4.05. The van der Waals surface area contributed by atoms with Gasteiger partial charge in [-0.3, -0.25) is 4.79 Å². The predicted molar refractivity (Wildman–Crippen MR) is 57.6 cm³/mol. The summed E-state index contributed by atoms with van der Waals surface area (Å²) in [5.74, 6) is -0.133. The Bertz CT molecular complexity index is 351. The SMILES string of the molecule is C=NN(C)C(=O)c1cc(C)cc(C)c1. The van der Waals surface area contributed by atoms with Gasteiger partial charge in [-0.1, -0.05) is 17.2 Å². The summed E-state index contributed by atoms with van der Waals surface area (Å²) in [5.41, 5.74) is 2.80. The number of benzene rings is 1. The molecule has 0 fully saturated rings. The number of amides is 1. The number of hydrogen-bond donors (Lipinski definition) is 0. The van der Waals surface area contributed by atoms with Crippen molar-refractivity contribution in [2.24, 2.45) is 5.10 Å². The maximum Gasteiger partial charge on any atom is 0.273 e. The molecule has 3 heteroatoms. The van der Waals surface area contributed by atoms with Crippen LogP contribution in [0.4, 0.5) is 0 Å². The number of aryl methyl sites for hydroxylation is 2. The summed E-state index contributed by atoms with van der Waals surface area (Å²) in [7, 11) is 1.59. The lowest BCUT2D eigenvalue weighted by molar-refractivity contribution is 0.0800. The quantitative estimate of drug-likeness (QED) is 0.518. The molecule has 0 atom stereocenters. The second-order valence-corrected chi connectivity index (χ2v) is 3.35. The molecule has 1 aromatic carbocycles. The van der Waals surface area contributed by atoms with Crippen LogP contribution in [0.15, 0.2) is 23.3 Å². The summed E-state index contributed by atoms with van der Waals surface area (Å²) in [6, 6.07) is 5.71. The molecule has 74 valence electrons. The summed E-state index contributed by atoms with van der Waals surface area (Å²) < 4.78 is 0. The van der Waals surface area contributed by atoms with Crippen LogP contribution in [0.25, 0.3) is 0 Å². The Balaban J connectivity index is 3.07. The molecule has 1 aromatic rings. The van der Waals surface area contributed by atoms with Crippen molar-refractivity contribution >= 4 is 12.6 Å². The molecule has 0 spiro atoms. The van der Waals surface area contributed by atoms with Gasteiger partial charge >= 0.3 is 0 Å². The lowest BCUT2D eigenvalue weighted by Gasteiger charge is -2.10. The fraction of sp³-hybridized carbons (Fsp3) is 0.273. The van der Waals surface area contributed by atoms with E-state index < -0.39 is 0 Å². The molecule has 0 N–H and O–H groups in total. The van der Waals surface area contributed by atoms with Crippen LogP contribution < -0.4 is 0 Å². The molecule has 0 aliphatic heterocycles. The molecule has 0 unspecified atom stereocenters. The van der Waals surface area contributed by atoms with E-state index in [0.717, 1.165) is 11.1 Å². The Morgan fingerprint density at radius 3 is 2.21 bits per heavy atom. The number of carbonyl (C=O) groups is 1. The fourth-order valence-electron chi connectivity index (χ4n) is 1.35. The van der Waals surface area contributed by atoms with E-state index >= 15 is 0 Å². The van der Waals surface area contributed by atoms with Crippen LogP contribution in [0.3, 0.4) is 0 Å². The van der Waals surface area contributed by atoms with E-state index in [1.165, 1.54) is 5.01 Å². The van der Waals surface area contributed by atoms with Gasteiger partial charge in [-0.15, -0.1) is 0 Å². The van der Waals surface area contributed by atoms with E-state index in [9.17, 15) is 4.79 Å². The molecular weight excluding hydrogens is 176 g/mol. The van der Waals surface area contributed by atoms with E-state index in [4.69, 9.17) is 0 Å². The van der Waals surface area contributed by atoms with Crippen molar-refractivity contribution in [3.8, 4) is 0 Å². The van der Waals surface area contributed by atoms with E-state index in [-0.39, 0.29) is 5.91 Å². The first kappa shape index (κ1) is 10.4. The van der Waals surface area contributed by atoms with Crippen LogP contribution in [0, 0.1) is 13.8 Å². The molecule has 1 rings (SSSR count). The summed E-state index contributed by atoms with van der Waals surface area (Å²) in [5, 5.41) is 4.79. The zero-order chi connectivity index (χ0) is 10.7. The van der Waals surface area contributed by atoms with Crippen molar-refractivity contribution in [3.05, 3.63) is 34.9 Å². The lowest BCUT2D eigenvalue weighted by Crippen LogP contribution is -2.20. The minimum Gasteiger partial charge on any atom is -0.267 e. The molecule has 0 saturated carbocycles. The highest BCUT2D eigenvalue weighted by Gasteiger charge is 2.10.